The highest BCUT2D eigenvalue weighted by molar-refractivity contribution is 7.90. The van der Waals surface area contributed by atoms with E-state index in [0.717, 1.165) is 12.1 Å². The second kappa shape index (κ2) is 8.43. The van der Waals surface area contributed by atoms with Gasteiger partial charge in [0, 0.05) is 45.3 Å². The molecule has 0 aliphatic carbocycles. The summed E-state index contributed by atoms with van der Waals surface area (Å²) in [5.41, 5.74) is 0.446. The molecule has 1 aliphatic rings. The number of aromatic nitrogens is 2. The number of rotatable bonds is 8. The molecule has 9 nitrogen and oxygen atoms in total. The Morgan fingerprint density at radius 2 is 2.20 bits per heavy atom. The Hall–Kier alpha value is -1.94. The molecule has 0 radical (unpaired) electrons. The molecular formula is C15H24N4O5S. The second-order valence-corrected chi connectivity index (χ2v) is 8.36. The van der Waals surface area contributed by atoms with E-state index < -0.39 is 9.84 Å². The Labute approximate surface area is 147 Å². The molecule has 0 bridgehead atoms. The van der Waals surface area contributed by atoms with Crippen LogP contribution in [0.1, 0.15) is 29.2 Å². The van der Waals surface area contributed by atoms with Gasteiger partial charge in [0.1, 0.15) is 21.4 Å². The van der Waals surface area contributed by atoms with Crippen molar-refractivity contribution in [1.29, 1.82) is 0 Å². The van der Waals surface area contributed by atoms with E-state index in [-0.39, 0.29) is 30.0 Å². The highest BCUT2D eigenvalue weighted by Gasteiger charge is 2.25. The monoisotopic (exact) mass is 372 g/mol. The van der Waals surface area contributed by atoms with E-state index >= 15 is 0 Å². The van der Waals surface area contributed by atoms with Crippen LogP contribution in [0.4, 0.5) is 0 Å². The lowest BCUT2D eigenvalue weighted by Gasteiger charge is -2.26. The SMILES string of the molecule is COCCNC(=O)c1cnc2n1CC(NC(=O)CCS(C)(=O)=O)CC2. The Balaban J connectivity index is 1.94. The minimum Gasteiger partial charge on any atom is -0.383 e. The lowest BCUT2D eigenvalue weighted by atomic mass is 10.1. The van der Waals surface area contributed by atoms with Crippen LogP contribution in [0.25, 0.3) is 0 Å². The quantitative estimate of drug-likeness (QED) is 0.572. The molecule has 1 aromatic rings. The maximum absolute atomic E-state index is 12.2. The topological polar surface area (TPSA) is 119 Å². The first kappa shape index (κ1) is 19.4. The molecule has 0 spiro atoms. The van der Waals surface area contributed by atoms with E-state index in [4.69, 9.17) is 4.74 Å². The van der Waals surface area contributed by atoms with Gasteiger partial charge in [-0.1, -0.05) is 0 Å². The lowest BCUT2D eigenvalue weighted by Crippen LogP contribution is -2.42. The highest BCUT2D eigenvalue weighted by atomic mass is 32.2. The van der Waals surface area contributed by atoms with Crippen LogP contribution in [0.15, 0.2) is 6.20 Å². The molecule has 25 heavy (non-hydrogen) atoms. The summed E-state index contributed by atoms with van der Waals surface area (Å²) in [5, 5.41) is 5.59. The molecule has 140 valence electrons. The number of aryl methyl sites for hydroxylation is 1. The van der Waals surface area contributed by atoms with Crippen molar-refractivity contribution in [3.63, 3.8) is 0 Å². The van der Waals surface area contributed by atoms with Crippen LogP contribution in [-0.4, -0.2) is 68.1 Å². The molecule has 2 N–H and O–H groups in total. The van der Waals surface area contributed by atoms with Crippen molar-refractivity contribution in [3.8, 4) is 0 Å². The second-order valence-electron chi connectivity index (χ2n) is 6.10. The molecule has 0 saturated carbocycles. The number of methoxy groups -OCH3 is 1. The number of carbonyl (C=O) groups is 2. The van der Waals surface area contributed by atoms with E-state index in [9.17, 15) is 18.0 Å². The zero-order chi connectivity index (χ0) is 18.4. The first-order chi connectivity index (χ1) is 11.8. The third kappa shape index (κ3) is 5.82. The van der Waals surface area contributed by atoms with Gasteiger partial charge in [-0.05, 0) is 6.42 Å². The van der Waals surface area contributed by atoms with Gasteiger partial charge in [0.15, 0.2) is 0 Å². The van der Waals surface area contributed by atoms with E-state index in [1.807, 2.05) is 0 Å². The number of nitrogens with one attached hydrogen (secondary N) is 2. The van der Waals surface area contributed by atoms with Crippen molar-refractivity contribution < 1.29 is 22.7 Å². The van der Waals surface area contributed by atoms with E-state index in [0.29, 0.717) is 38.2 Å². The van der Waals surface area contributed by atoms with Crippen molar-refractivity contribution in [2.24, 2.45) is 0 Å². The van der Waals surface area contributed by atoms with Crippen LogP contribution in [-0.2, 0) is 32.3 Å². The summed E-state index contributed by atoms with van der Waals surface area (Å²) in [6, 6.07) is -0.153. The summed E-state index contributed by atoms with van der Waals surface area (Å²) in [5.74, 6) is 0.0955. The standard InChI is InChI=1S/C15H24N4O5S/c1-24-7-6-16-15(21)12-9-17-13-4-3-11(10-19(12)13)18-14(20)5-8-25(2,22)23/h9,11H,3-8,10H2,1-2H3,(H,16,21)(H,18,20). The molecule has 0 aromatic carbocycles. The van der Waals surface area contributed by atoms with Gasteiger partial charge < -0.3 is 19.9 Å². The minimum absolute atomic E-state index is 0.0590. The molecule has 1 unspecified atom stereocenters. The predicted octanol–water partition coefficient (Wildman–Crippen LogP) is -0.875. The maximum Gasteiger partial charge on any atom is 0.269 e. The maximum atomic E-state index is 12.2. The molecule has 0 fully saturated rings. The normalized spacial score (nSPS) is 17.0. The van der Waals surface area contributed by atoms with Crippen LogP contribution < -0.4 is 10.6 Å². The van der Waals surface area contributed by atoms with Crippen molar-refractivity contribution in [2.45, 2.75) is 31.8 Å². The van der Waals surface area contributed by atoms with Crippen LogP contribution in [0.3, 0.4) is 0 Å². The zero-order valence-corrected chi connectivity index (χ0v) is 15.3. The summed E-state index contributed by atoms with van der Waals surface area (Å²) < 4.78 is 29.0. The fraction of sp³-hybridized carbons (Fsp3) is 0.667. The van der Waals surface area contributed by atoms with Gasteiger partial charge in [-0.15, -0.1) is 0 Å². The molecule has 1 atom stereocenters. The van der Waals surface area contributed by atoms with E-state index in [1.165, 1.54) is 6.20 Å². The summed E-state index contributed by atoms with van der Waals surface area (Å²) >= 11 is 0. The van der Waals surface area contributed by atoms with E-state index in [2.05, 4.69) is 15.6 Å². The molecule has 1 aromatic heterocycles. The summed E-state index contributed by atoms with van der Waals surface area (Å²) in [6.45, 7) is 1.26. The highest BCUT2D eigenvalue weighted by Crippen LogP contribution is 2.17. The van der Waals surface area contributed by atoms with Crippen LogP contribution in [0.5, 0.6) is 0 Å². The average Bonchev–Trinajstić information content (AvgIpc) is 2.96. The first-order valence-electron chi connectivity index (χ1n) is 8.09. The molecule has 10 heteroatoms. The fourth-order valence-electron chi connectivity index (χ4n) is 2.67. The summed E-state index contributed by atoms with van der Waals surface area (Å²) in [4.78, 5) is 28.4. The molecular weight excluding hydrogens is 348 g/mol. The van der Waals surface area contributed by atoms with Gasteiger partial charge in [-0.25, -0.2) is 13.4 Å². The summed E-state index contributed by atoms with van der Waals surface area (Å²) in [6.07, 6.45) is 3.92. The van der Waals surface area contributed by atoms with E-state index in [1.54, 1.807) is 11.7 Å². The number of fused-ring (bicyclic) bond motifs is 1. The van der Waals surface area contributed by atoms with Gasteiger partial charge >= 0.3 is 0 Å². The van der Waals surface area contributed by atoms with Crippen LogP contribution >= 0.6 is 0 Å². The number of carbonyl (C=O) groups excluding carboxylic acids is 2. The fourth-order valence-corrected chi connectivity index (χ4v) is 3.22. The molecule has 0 saturated heterocycles. The largest absolute Gasteiger partial charge is 0.383 e. The number of hydrogen-bond acceptors (Lipinski definition) is 6. The lowest BCUT2D eigenvalue weighted by molar-refractivity contribution is -0.121. The Morgan fingerprint density at radius 3 is 2.88 bits per heavy atom. The third-order valence-electron chi connectivity index (χ3n) is 3.95. The molecule has 2 rings (SSSR count). The number of imidazole rings is 1. The van der Waals surface area contributed by atoms with Gasteiger partial charge in [0.05, 0.1) is 18.6 Å². The Morgan fingerprint density at radius 1 is 1.44 bits per heavy atom. The first-order valence-corrected chi connectivity index (χ1v) is 10.1. The zero-order valence-electron chi connectivity index (χ0n) is 14.4. The number of ether oxygens (including phenoxy) is 1. The van der Waals surface area contributed by atoms with Crippen molar-refractivity contribution in [1.82, 2.24) is 20.2 Å². The van der Waals surface area contributed by atoms with Gasteiger partial charge in [-0.2, -0.15) is 0 Å². The number of sulfone groups is 1. The van der Waals surface area contributed by atoms with Crippen molar-refractivity contribution >= 4 is 21.7 Å². The third-order valence-corrected chi connectivity index (χ3v) is 4.89. The molecule has 2 amide bonds. The smallest absolute Gasteiger partial charge is 0.269 e. The molecule has 1 aliphatic heterocycles. The van der Waals surface area contributed by atoms with Gasteiger partial charge in [0.2, 0.25) is 5.91 Å². The van der Waals surface area contributed by atoms with Gasteiger partial charge in [-0.3, -0.25) is 9.59 Å². The number of nitrogens with zero attached hydrogens (tertiary/aromatic N) is 2. The average molecular weight is 372 g/mol. The Kier molecular flexibility index (Phi) is 6.54. The minimum atomic E-state index is -3.17. The Bertz CT molecular complexity index is 728. The van der Waals surface area contributed by atoms with Crippen molar-refractivity contribution in [2.75, 3.05) is 32.3 Å². The van der Waals surface area contributed by atoms with Crippen molar-refractivity contribution in [3.05, 3.63) is 17.7 Å². The van der Waals surface area contributed by atoms with Crippen LogP contribution in [0.2, 0.25) is 0 Å². The van der Waals surface area contributed by atoms with Crippen LogP contribution in [0, 0.1) is 0 Å². The predicted molar refractivity (Wildman–Crippen MR) is 91.0 cm³/mol. The molecule has 2 heterocycles. The summed E-state index contributed by atoms with van der Waals surface area (Å²) in [7, 11) is -1.61. The van der Waals surface area contributed by atoms with Gasteiger partial charge in [0.25, 0.3) is 5.91 Å². The number of amides is 2. The number of hydrogen-bond donors (Lipinski definition) is 2.